The highest BCUT2D eigenvalue weighted by Gasteiger charge is 2.27. The number of unbranched alkanes of at least 4 members (excludes halogenated alkanes) is 10. The highest BCUT2D eigenvalue weighted by molar-refractivity contribution is 7.47. The number of nitrogens with one attached hydrogen (secondary N) is 1. The molecule has 0 aromatic rings. The van der Waals surface area contributed by atoms with Crippen LogP contribution in [0.1, 0.15) is 123 Å². The summed E-state index contributed by atoms with van der Waals surface area (Å²) in [6.07, 6.45) is 37.2. The van der Waals surface area contributed by atoms with Crippen molar-refractivity contribution in [3.8, 4) is 0 Å². The standard InChI is InChI=1S/C38H69N2O6P/c1-6-8-10-12-14-16-17-18-19-20-21-22-23-24-26-28-30-32-38(42)39-36(35-46-47(43,44)45-34-33-40(3,4)5)37(41)31-29-27-25-15-13-11-9-7-2/h8,10,14,16,18-19,21-22,29,31,36-37,41H,6-7,9,11-13,15,17,20,23-28,30,32-35H2,1-5H3,(H-,39,42,43,44)/p+1/b10-8-,16-14-,19-18-,22-21-,31-29+. The molecule has 9 heteroatoms. The van der Waals surface area contributed by atoms with Gasteiger partial charge in [-0.15, -0.1) is 0 Å². The molecule has 3 N–H and O–H groups in total. The lowest BCUT2D eigenvalue weighted by atomic mass is 10.1. The summed E-state index contributed by atoms with van der Waals surface area (Å²) in [7, 11) is 1.54. The highest BCUT2D eigenvalue weighted by atomic mass is 31.2. The van der Waals surface area contributed by atoms with Crippen LogP contribution in [0, 0.1) is 0 Å². The molecule has 0 aromatic heterocycles. The molecule has 1 amide bonds. The van der Waals surface area contributed by atoms with Gasteiger partial charge < -0.3 is 19.8 Å². The van der Waals surface area contributed by atoms with Gasteiger partial charge in [-0.1, -0.05) is 120 Å². The zero-order chi connectivity index (χ0) is 35.1. The van der Waals surface area contributed by atoms with E-state index in [0.717, 1.165) is 77.0 Å². The number of quaternary nitrogens is 1. The van der Waals surface area contributed by atoms with Crippen LogP contribution in [0.25, 0.3) is 0 Å². The molecule has 47 heavy (non-hydrogen) atoms. The fourth-order valence-electron chi connectivity index (χ4n) is 4.56. The van der Waals surface area contributed by atoms with E-state index in [9.17, 15) is 19.4 Å². The topological polar surface area (TPSA) is 105 Å². The van der Waals surface area contributed by atoms with E-state index in [1.807, 2.05) is 27.2 Å². The van der Waals surface area contributed by atoms with Crippen LogP contribution in [0.4, 0.5) is 0 Å². The van der Waals surface area contributed by atoms with Crippen molar-refractivity contribution in [2.75, 3.05) is 40.9 Å². The number of nitrogens with zero attached hydrogens (tertiary/aromatic N) is 1. The lowest BCUT2D eigenvalue weighted by Crippen LogP contribution is -2.45. The second-order valence-corrected chi connectivity index (χ2v) is 14.7. The first kappa shape index (κ1) is 45.2. The Kier molecular flexibility index (Phi) is 29.1. The number of aliphatic hydroxyl groups is 1. The summed E-state index contributed by atoms with van der Waals surface area (Å²) in [5.41, 5.74) is 0. The van der Waals surface area contributed by atoms with Crippen LogP contribution >= 0.6 is 7.82 Å². The SMILES string of the molecule is CC/C=C\C/C=C\C/C=C\C/C=C\CCCCCCC(=O)NC(COP(=O)(O)OCC[N+](C)(C)C)C(O)/C=C/CCCCCCCC. The van der Waals surface area contributed by atoms with E-state index in [0.29, 0.717) is 17.4 Å². The number of allylic oxidation sites excluding steroid dienone is 9. The molecule has 0 aliphatic heterocycles. The zero-order valence-corrected chi connectivity index (χ0v) is 31.4. The van der Waals surface area contributed by atoms with Crippen molar-refractivity contribution in [1.29, 1.82) is 0 Å². The van der Waals surface area contributed by atoms with E-state index in [-0.39, 0.29) is 19.1 Å². The van der Waals surface area contributed by atoms with E-state index in [4.69, 9.17) is 9.05 Å². The minimum absolute atomic E-state index is 0.0529. The second kappa shape index (κ2) is 30.3. The van der Waals surface area contributed by atoms with Crippen molar-refractivity contribution >= 4 is 13.7 Å². The van der Waals surface area contributed by atoms with Crippen LogP contribution in [-0.4, -0.2) is 73.4 Å². The average molecular weight is 682 g/mol. The van der Waals surface area contributed by atoms with Gasteiger partial charge in [-0.05, 0) is 57.8 Å². The van der Waals surface area contributed by atoms with E-state index >= 15 is 0 Å². The Morgan fingerprint density at radius 3 is 1.87 bits per heavy atom. The number of hydrogen-bond donors (Lipinski definition) is 3. The molecule has 0 radical (unpaired) electrons. The third kappa shape index (κ3) is 32.5. The first-order valence-corrected chi connectivity index (χ1v) is 19.7. The number of carbonyl (C=O) groups excluding carboxylic acids is 1. The summed E-state index contributed by atoms with van der Waals surface area (Å²) >= 11 is 0. The van der Waals surface area contributed by atoms with Crippen LogP contribution in [0.2, 0.25) is 0 Å². The third-order valence-corrected chi connectivity index (χ3v) is 8.48. The van der Waals surface area contributed by atoms with Crippen molar-refractivity contribution in [2.24, 2.45) is 0 Å². The molecule has 272 valence electrons. The van der Waals surface area contributed by atoms with Gasteiger partial charge in [0.2, 0.25) is 5.91 Å². The van der Waals surface area contributed by atoms with Gasteiger partial charge in [-0.25, -0.2) is 4.57 Å². The monoisotopic (exact) mass is 681 g/mol. The molecule has 0 aromatic carbocycles. The Labute approximate surface area is 288 Å². The van der Waals surface area contributed by atoms with Gasteiger partial charge in [0, 0.05) is 6.42 Å². The Morgan fingerprint density at radius 1 is 0.745 bits per heavy atom. The summed E-state index contributed by atoms with van der Waals surface area (Å²) in [4.78, 5) is 22.9. The summed E-state index contributed by atoms with van der Waals surface area (Å²) in [6.45, 7) is 4.59. The summed E-state index contributed by atoms with van der Waals surface area (Å²) < 4.78 is 23.3. The highest BCUT2D eigenvalue weighted by Crippen LogP contribution is 2.43. The second-order valence-electron chi connectivity index (χ2n) is 13.2. The van der Waals surface area contributed by atoms with Crippen LogP contribution in [-0.2, 0) is 18.4 Å². The number of amides is 1. The number of aliphatic hydroxyl groups excluding tert-OH is 1. The fraction of sp³-hybridized carbons (Fsp3) is 0.711. The molecule has 0 saturated carbocycles. The first-order valence-electron chi connectivity index (χ1n) is 18.2. The number of phosphoric acid groups is 1. The molecule has 0 rings (SSSR count). The molecular weight excluding hydrogens is 611 g/mol. The van der Waals surface area contributed by atoms with Gasteiger partial charge >= 0.3 is 7.82 Å². The van der Waals surface area contributed by atoms with Gasteiger partial charge in [-0.2, -0.15) is 0 Å². The predicted octanol–water partition coefficient (Wildman–Crippen LogP) is 9.12. The van der Waals surface area contributed by atoms with E-state index in [1.165, 1.54) is 25.7 Å². The maximum absolute atomic E-state index is 12.7. The van der Waals surface area contributed by atoms with Gasteiger partial charge in [0.15, 0.2) is 0 Å². The molecule has 0 saturated heterocycles. The Bertz CT molecular complexity index is 954. The number of rotatable bonds is 31. The smallest absolute Gasteiger partial charge is 0.387 e. The lowest BCUT2D eigenvalue weighted by molar-refractivity contribution is -0.870. The average Bonchev–Trinajstić information content (AvgIpc) is 3.01. The molecule has 0 aliphatic carbocycles. The predicted molar refractivity (Wildman–Crippen MR) is 198 cm³/mol. The van der Waals surface area contributed by atoms with Crippen LogP contribution < -0.4 is 5.32 Å². The Hall–Kier alpha value is -1.80. The Morgan fingerprint density at radius 2 is 1.28 bits per heavy atom. The van der Waals surface area contributed by atoms with E-state index in [1.54, 1.807) is 6.08 Å². The van der Waals surface area contributed by atoms with Crippen molar-refractivity contribution < 1.29 is 32.9 Å². The third-order valence-electron chi connectivity index (χ3n) is 7.49. The van der Waals surface area contributed by atoms with Gasteiger partial charge in [0.25, 0.3) is 0 Å². The van der Waals surface area contributed by atoms with Gasteiger partial charge in [0.05, 0.1) is 39.9 Å². The largest absolute Gasteiger partial charge is 0.472 e. The quantitative estimate of drug-likeness (QED) is 0.0292. The summed E-state index contributed by atoms with van der Waals surface area (Å²) in [5, 5.41) is 13.6. The van der Waals surface area contributed by atoms with Gasteiger partial charge in [-0.3, -0.25) is 13.8 Å². The maximum Gasteiger partial charge on any atom is 0.472 e. The first-order chi connectivity index (χ1) is 22.5. The molecule has 0 heterocycles. The summed E-state index contributed by atoms with van der Waals surface area (Å²) in [5.74, 6) is -0.209. The molecule has 0 aliphatic rings. The number of carbonyl (C=O) groups is 1. The minimum Gasteiger partial charge on any atom is -0.387 e. The molecule has 3 unspecified atom stereocenters. The summed E-state index contributed by atoms with van der Waals surface area (Å²) in [6, 6.07) is -0.857. The molecule has 8 nitrogen and oxygen atoms in total. The number of phosphoric ester groups is 1. The normalized spacial score (nSPS) is 15.5. The molecule has 0 spiro atoms. The van der Waals surface area contributed by atoms with Crippen LogP contribution in [0.15, 0.2) is 60.8 Å². The molecular formula is C38H70N2O6P+. The zero-order valence-electron chi connectivity index (χ0n) is 30.5. The lowest BCUT2D eigenvalue weighted by Gasteiger charge is -2.25. The van der Waals surface area contributed by atoms with Crippen molar-refractivity contribution in [2.45, 2.75) is 135 Å². The van der Waals surface area contributed by atoms with Crippen molar-refractivity contribution in [1.82, 2.24) is 5.32 Å². The van der Waals surface area contributed by atoms with E-state index in [2.05, 4.69) is 67.8 Å². The molecule has 3 atom stereocenters. The molecule has 0 fully saturated rings. The maximum atomic E-state index is 12.7. The van der Waals surface area contributed by atoms with Crippen molar-refractivity contribution in [3.05, 3.63) is 60.8 Å². The van der Waals surface area contributed by atoms with Crippen LogP contribution in [0.5, 0.6) is 0 Å². The number of hydrogen-bond acceptors (Lipinski definition) is 5. The Balaban J connectivity index is 4.53. The molecule has 0 bridgehead atoms. The number of likely N-dealkylation sites (N-methyl/N-ethyl adjacent to an activating group) is 1. The van der Waals surface area contributed by atoms with Crippen molar-refractivity contribution in [3.63, 3.8) is 0 Å². The van der Waals surface area contributed by atoms with E-state index < -0.39 is 20.0 Å². The van der Waals surface area contributed by atoms with Gasteiger partial charge in [0.1, 0.15) is 13.2 Å². The minimum atomic E-state index is -4.33. The van der Waals surface area contributed by atoms with Crippen LogP contribution in [0.3, 0.4) is 0 Å². The fourth-order valence-corrected chi connectivity index (χ4v) is 5.29.